The van der Waals surface area contributed by atoms with Crippen LogP contribution in [-0.2, 0) is 15.6 Å². The Hall–Kier alpha value is -1.61. The van der Waals surface area contributed by atoms with E-state index in [0.29, 0.717) is 4.91 Å². The van der Waals surface area contributed by atoms with Crippen molar-refractivity contribution in [1.82, 2.24) is 0 Å². The smallest absolute Gasteiger partial charge is 0.182 e. The van der Waals surface area contributed by atoms with Gasteiger partial charge in [-0.1, -0.05) is 49.9 Å². The van der Waals surface area contributed by atoms with Crippen molar-refractivity contribution in [1.29, 1.82) is 0 Å². The molecule has 1 aromatic rings. The van der Waals surface area contributed by atoms with E-state index in [1.165, 1.54) is 0 Å². The fourth-order valence-electron chi connectivity index (χ4n) is 2.56. The quantitative estimate of drug-likeness (QED) is 0.823. The molecular weight excluding hydrogens is 256 g/mol. The molecular formula is C16H18O2S. The minimum atomic E-state index is -3.31. The van der Waals surface area contributed by atoms with Crippen LogP contribution in [-0.4, -0.2) is 8.42 Å². The van der Waals surface area contributed by atoms with Crippen LogP contribution in [0.25, 0.3) is 0 Å². The van der Waals surface area contributed by atoms with Gasteiger partial charge in [0, 0.05) is 5.92 Å². The van der Waals surface area contributed by atoms with Crippen molar-refractivity contribution in [3.63, 3.8) is 0 Å². The Kier molecular flexibility index (Phi) is 3.76. The molecule has 0 saturated heterocycles. The highest BCUT2D eigenvalue weighted by Crippen LogP contribution is 2.37. The van der Waals surface area contributed by atoms with Gasteiger partial charge in [-0.3, -0.25) is 0 Å². The summed E-state index contributed by atoms with van der Waals surface area (Å²) in [5.74, 6) is 0.0991. The molecule has 0 aromatic heterocycles. The van der Waals surface area contributed by atoms with Gasteiger partial charge in [-0.25, -0.2) is 8.42 Å². The lowest BCUT2D eigenvalue weighted by molar-refractivity contribution is 0.602. The van der Waals surface area contributed by atoms with Crippen LogP contribution in [0.2, 0.25) is 0 Å². The summed E-state index contributed by atoms with van der Waals surface area (Å²) in [6.07, 6.45) is 5.10. The van der Waals surface area contributed by atoms with E-state index in [1.54, 1.807) is 18.2 Å². The Labute approximate surface area is 115 Å². The van der Waals surface area contributed by atoms with Crippen molar-refractivity contribution < 1.29 is 8.42 Å². The van der Waals surface area contributed by atoms with Gasteiger partial charge < -0.3 is 0 Å². The van der Waals surface area contributed by atoms with Crippen LogP contribution in [0.1, 0.15) is 30.9 Å². The van der Waals surface area contributed by atoms with Crippen LogP contribution < -0.4 is 0 Å². The molecule has 1 atom stereocenters. The maximum absolute atomic E-state index is 12.5. The molecule has 1 aromatic carbocycles. The Morgan fingerprint density at radius 2 is 2.00 bits per heavy atom. The Morgan fingerprint density at radius 3 is 2.63 bits per heavy atom. The molecule has 100 valence electrons. The molecule has 0 fully saturated rings. The number of benzene rings is 1. The Morgan fingerprint density at radius 1 is 1.32 bits per heavy atom. The third-order valence-corrected chi connectivity index (χ3v) is 5.22. The molecule has 1 unspecified atom stereocenters. The second-order valence-corrected chi connectivity index (χ2v) is 6.66. The number of sulfone groups is 1. The summed E-state index contributed by atoms with van der Waals surface area (Å²) < 4.78 is 25.0. The van der Waals surface area contributed by atoms with Gasteiger partial charge in [-0.15, -0.1) is 0 Å². The van der Waals surface area contributed by atoms with Crippen LogP contribution in [0.15, 0.2) is 59.6 Å². The normalized spacial score (nSPS) is 22.1. The average Bonchev–Trinajstić information content (AvgIpc) is 2.45. The zero-order chi connectivity index (χ0) is 14.0. The molecule has 1 heterocycles. The molecule has 0 bridgehead atoms. The van der Waals surface area contributed by atoms with Gasteiger partial charge in [-0.05, 0) is 29.7 Å². The number of allylic oxidation sites excluding steroid dienone is 4. The van der Waals surface area contributed by atoms with Gasteiger partial charge in [0.25, 0.3) is 0 Å². The summed E-state index contributed by atoms with van der Waals surface area (Å²) in [5, 5.41) is 0. The van der Waals surface area contributed by atoms with E-state index in [4.69, 9.17) is 0 Å². The lowest BCUT2D eigenvalue weighted by Crippen LogP contribution is -2.06. The lowest BCUT2D eigenvalue weighted by Gasteiger charge is -2.14. The predicted molar refractivity (Wildman–Crippen MR) is 79.5 cm³/mol. The highest BCUT2D eigenvalue weighted by Gasteiger charge is 2.28. The largest absolute Gasteiger partial charge is 0.223 e. The van der Waals surface area contributed by atoms with Crippen molar-refractivity contribution >= 4 is 9.84 Å². The zero-order valence-electron chi connectivity index (χ0n) is 11.3. The Bertz CT molecular complexity index is 664. The van der Waals surface area contributed by atoms with E-state index >= 15 is 0 Å². The van der Waals surface area contributed by atoms with Gasteiger partial charge in [0.2, 0.25) is 0 Å². The van der Waals surface area contributed by atoms with Gasteiger partial charge in [-0.2, -0.15) is 0 Å². The maximum Gasteiger partial charge on any atom is 0.182 e. The van der Waals surface area contributed by atoms with E-state index < -0.39 is 9.84 Å². The highest BCUT2D eigenvalue weighted by molar-refractivity contribution is 7.94. The van der Waals surface area contributed by atoms with Crippen molar-refractivity contribution in [2.45, 2.75) is 25.5 Å². The summed E-state index contributed by atoms with van der Waals surface area (Å²) in [6, 6.07) is 7.72. The molecule has 0 amide bonds. The van der Waals surface area contributed by atoms with Crippen molar-refractivity contribution in [3.8, 4) is 0 Å². The summed E-state index contributed by atoms with van der Waals surface area (Å²) in [5.41, 5.74) is 2.73. The van der Waals surface area contributed by atoms with Gasteiger partial charge >= 0.3 is 0 Å². The van der Waals surface area contributed by atoms with Crippen LogP contribution in [0.4, 0.5) is 0 Å². The standard InChI is InChI=1S/C16H18O2S/c1-4-8-16-14(5-2)12(3)15-10-7-6-9-13(15)11-19(16,17)18/h4-10,12H,2,11H2,1,3H3/b8-4-. The lowest BCUT2D eigenvalue weighted by atomic mass is 9.89. The fourth-order valence-corrected chi connectivity index (χ4v) is 4.35. The molecule has 2 rings (SSSR count). The minimum absolute atomic E-state index is 0.0391. The van der Waals surface area contributed by atoms with E-state index in [9.17, 15) is 8.42 Å². The third kappa shape index (κ3) is 2.43. The van der Waals surface area contributed by atoms with E-state index in [2.05, 4.69) is 6.58 Å². The first-order chi connectivity index (χ1) is 9.01. The average molecular weight is 274 g/mol. The Balaban J connectivity index is 2.78. The minimum Gasteiger partial charge on any atom is -0.223 e. The first kappa shape index (κ1) is 13.8. The SMILES string of the molecule is C=CC1=C(/C=C\C)S(=O)(=O)Cc2ccccc2C1C. The highest BCUT2D eigenvalue weighted by atomic mass is 32.2. The van der Waals surface area contributed by atoms with Crippen molar-refractivity contribution in [3.05, 3.63) is 70.7 Å². The second kappa shape index (κ2) is 5.17. The molecule has 0 N–H and O–H groups in total. The predicted octanol–water partition coefficient (Wildman–Crippen LogP) is 3.73. The van der Waals surface area contributed by atoms with Crippen LogP contribution in [0.3, 0.4) is 0 Å². The first-order valence-corrected chi connectivity index (χ1v) is 7.96. The summed E-state index contributed by atoms with van der Waals surface area (Å²) in [7, 11) is -3.31. The number of rotatable bonds is 2. The molecule has 0 saturated carbocycles. The van der Waals surface area contributed by atoms with E-state index in [-0.39, 0.29) is 11.7 Å². The van der Waals surface area contributed by atoms with E-state index in [1.807, 2.05) is 38.1 Å². The van der Waals surface area contributed by atoms with Crippen molar-refractivity contribution in [2.75, 3.05) is 0 Å². The van der Waals surface area contributed by atoms with Crippen LogP contribution in [0, 0.1) is 0 Å². The van der Waals surface area contributed by atoms with Crippen LogP contribution >= 0.6 is 0 Å². The van der Waals surface area contributed by atoms with Gasteiger partial charge in [0.05, 0.1) is 10.7 Å². The summed E-state index contributed by atoms with van der Waals surface area (Å²) in [4.78, 5) is 0.397. The molecule has 0 spiro atoms. The van der Waals surface area contributed by atoms with E-state index in [0.717, 1.165) is 16.7 Å². The molecule has 1 aliphatic heterocycles. The molecule has 3 heteroatoms. The molecule has 2 nitrogen and oxygen atoms in total. The van der Waals surface area contributed by atoms with Crippen molar-refractivity contribution in [2.24, 2.45) is 0 Å². The first-order valence-electron chi connectivity index (χ1n) is 6.31. The zero-order valence-corrected chi connectivity index (χ0v) is 12.1. The third-order valence-electron chi connectivity index (χ3n) is 3.49. The van der Waals surface area contributed by atoms with Gasteiger partial charge in [0.1, 0.15) is 0 Å². The second-order valence-electron chi connectivity index (χ2n) is 4.70. The number of hydrogen-bond donors (Lipinski definition) is 0. The summed E-state index contributed by atoms with van der Waals surface area (Å²) in [6.45, 7) is 7.64. The molecule has 19 heavy (non-hydrogen) atoms. The molecule has 1 aliphatic rings. The fraction of sp³-hybridized carbons (Fsp3) is 0.250. The number of fused-ring (bicyclic) bond motifs is 1. The topological polar surface area (TPSA) is 34.1 Å². The number of hydrogen-bond acceptors (Lipinski definition) is 2. The summed E-state index contributed by atoms with van der Waals surface area (Å²) >= 11 is 0. The monoisotopic (exact) mass is 274 g/mol. The van der Waals surface area contributed by atoms with Crippen LogP contribution in [0.5, 0.6) is 0 Å². The molecule has 0 radical (unpaired) electrons. The van der Waals surface area contributed by atoms with Gasteiger partial charge in [0.15, 0.2) is 9.84 Å². The maximum atomic E-state index is 12.5. The molecule has 0 aliphatic carbocycles.